The molecule has 138 valence electrons. The smallest absolute Gasteiger partial charge is 0.368 e. The molecule has 0 fully saturated rings. The van der Waals surface area contributed by atoms with Crippen LogP contribution >= 0.6 is 27.5 Å². The van der Waals surface area contributed by atoms with Crippen molar-refractivity contribution in [3.8, 4) is 0 Å². The van der Waals surface area contributed by atoms with Crippen LogP contribution < -0.4 is 11.1 Å². The van der Waals surface area contributed by atoms with Gasteiger partial charge in [-0.3, -0.25) is 9.59 Å². The molecule has 26 heavy (non-hydrogen) atoms. The molecule has 0 saturated carbocycles. The van der Waals surface area contributed by atoms with Crippen molar-refractivity contribution in [2.75, 3.05) is 0 Å². The van der Waals surface area contributed by atoms with Crippen LogP contribution in [0.2, 0.25) is 5.02 Å². The van der Waals surface area contributed by atoms with Crippen LogP contribution in [0.15, 0.2) is 46.9 Å². The molecule has 0 aromatic heterocycles. The van der Waals surface area contributed by atoms with E-state index in [9.17, 15) is 22.8 Å². The van der Waals surface area contributed by atoms with Crippen molar-refractivity contribution in [2.45, 2.75) is 18.6 Å². The predicted octanol–water partition coefficient (Wildman–Crippen LogP) is 3.95. The van der Waals surface area contributed by atoms with Gasteiger partial charge in [-0.1, -0.05) is 39.7 Å². The maximum absolute atomic E-state index is 13.1. The Morgan fingerprint density at radius 1 is 1.19 bits per heavy atom. The van der Waals surface area contributed by atoms with Crippen molar-refractivity contribution >= 4 is 39.3 Å². The van der Waals surface area contributed by atoms with E-state index in [1.165, 1.54) is 12.1 Å². The average Bonchev–Trinajstić information content (AvgIpc) is 2.56. The van der Waals surface area contributed by atoms with Gasteiger partial charge < -0.3 is 11.1 Å². The van der Waals surface area contributed by atoms with Crippen LogP contribution in [0.5, 0.6) is 0 Å². The number of hydrogen-bond donors (Lipinski definition) is 2. The standard InChI is InChI=1S/C17H13BrClF3N2O2/c18-13-6-5-10(19)7-9(13)8-14(15(23)25)24-16(26)11-3-1-2-4-12(11)17(20,21)22/h1-7,14H,8H2,(H2,23,25)(H,24,26)/t14-/m0/s1. The SMILES string of the molecule is NC(=O)[C@H](Cc1cc(Cl)ccc1Br)NC(=O)c1ccccc1C(F)(F)F. The van der Waals surface area contributed by atoms with E-state index in [-0.39, 0.29) is 6.42 Å². The summed E-state index contributed by atoms with van der Waals surface area (Å²) in [7, 11) is 0. The molecule has 0 aliphatic rings. The highest BCUT2D eigenvalue weighted by atomic mass is 79.9. The number of amides is 2. The fraction of sp³-hybridized carbons (Fsp3) is 0.176. The number of hydrogen-bond acceptors (Lipinski definition) is 2. The van der Waals surface area contributed by atoms with Crippen LogP contribution in [-0.2, 0) is 17.4 Å². The van der Waals surface area contributed by atoms with Crippen molar-refractivity contribution in [1.29, 1.82) is 0 Å². The lowest BCUT2D eigenvalue weighted by molar-refractivity contribution is -0.137. The lowest BCUT2D eigenvalue weighted by Gasteiger charge is -2.18. The molecular weight excluding hydrogens is 437 g/mol. The predicted molar refractivity (Wildman–Crippen MR) is 94.7 cm³/mol. The van der Waals surface area contributed by atoms with Crippen molar-refractivity contribution in [1.82, 2.24) is 5.32 Å². The van der Waals surface area contributed by atoms with E-state index < -0.39 is 35.2 Å². The van der Waals surface area contributed by atoms with Gasteiger partial charge in [0.25, 0.3) is 5.91 Å². The van der Waals surface area contributed by atoms with Crippen LogP contribution in [-0.4, -0.2) is 17.9 Å². The van der Waals surface area contributed by atoms with Gasteiger partial charge in [0, 0.05) is 15.9 Å². The maximum atomic E-state index is 13.1. The summed E-state index contributed by atoms with van der Waals surface area (Å²) < 4.78 is 39.8. The summed E-state index contributed by atoms with van der Waals surface area (Å²) in [5, 5.41) is 2.67. The zero-order valence-corrected chi connectivity index (χ0v) is 15.5. The molecule has 9 heteroatoms. The lowest BCUT2D eigenvalue weighted by atomic mass is 10.0. The molecule has 0 radical (unpaired) electrons. The summed E-state index contributed by atoms with van der Waals surface area (Å²) >= 11 is 9.19. The molecule has 0 aliphatic heterocycles. The number of benzene rings is 2. The van der Waals surface area contributed by atoms with Crippen LogP contribution in [0.4, 0.5) is 13.2 Å². The lowest BCUT2D eigenvalue weighted by Crippen LogP contribution is -2.46. The highest BCUT2D eigenvalue weighted by molar-refractivity contribution is 9.10. The largest absolute Gasteiger partial charge is 0.417 e. The van der Waals surface area contributed by atoms with E-state index in [0.29, 0.717) is 15.1 Å². The highest BCUT2D eigenvalue weighted by Crippen LogP contribution is 2.32. The monoisotopic (exact) mass is 448 g/mol. The third kappa shape index (κ3) is 4.98. The number of alkyl halides is 3. The number of carbonyl (C=O) groups is 2. The quantitative estimate of drug-likeness (QED) is 0.726. The van der Waals surface area contributed by atoms with Crippen LogP contribution in [0.3, 0.4) is 0 Å². The van der Waals surface area contributed by atoms with Gasteiger partial charge in [-0.15, -0.1) is 0 Å². The Bertz CT molecular complexity index is 843. The molecule has 3 N–H and O–H groups in total. The Hall–Kier alpha value is -2.06. The molecule has 0 bridgehead atoms. The molecular formula is C17H13BrClF3N2O2. The third-order valence-corrected chi connectivity index (χ3v) is 4.57. The van der Waals surface area contributed by atoms with Gasteiger partial charge in [-0.25, -0.2) is 0 Å². The Labute approximate surface area is 160 Å². The van der Waals surface area contributed by atoms with Gasteiger partial charge in [-0.2, -0.15) is 13.2 Å². The highest BCUT2D eigenvalue weighted by Gasteiger charge is 2.35. The first-order valence-electron chi connectivity index (χ1n) is 7.30. The summed E-state index contributed by atoms with van der Waals surface area (Å²) in [6.45, 7) is 0. The molecule has 4 nitrogen and oxygen atoms in total. The van der Waals surface area contributed by atoms with Gasteiger partial charge in [0.2, 0.25) is 5.91 Å². The molecule has 0 spiro atoms. The fourth-order valence-corrected chi connectivity index (χ4v) is 2.91. The number of nitrogens with two attached hydrogens (primary N) is 1. The second-order valence-electron chi connectivity index (χ2n) is 5.41. The Morgan fingerprint density at radius 3 is 2.46 bits per heavy atom. The summed E-state index contributed by atoms with van der Waals surface area (Å²) in [6, 6.07) is 7.93. The summed E-state index contributed by atoms with van der Waals surface area (Å²) in [6.07, 6.45) is -4.73. The fourth-order valence-electron chi connectivity index (χ4n) is 2.31. The Balaban J connectivity index is 2.27. The zero-order valence-electron chi connectivity index (χ0n) is 13.1. The normalized spacial score (nSPS) is 12.5. The summed E-state index contributed by atoms with van der Waals surface area (Å²) in [4.78, 5) is 24.0. The summed E-state index contributed by atoms with van der Waals surface area (Å²) in [5.41, 5.74) is 4.19. The van der Waals surface area contributed by atoms with Gasteiger partial charge in [0.05, 0.1) is 11.1 Å². The van der Waals surface area contributed by atoms with Gasteiger partial charge in [0.15, 0.2) is 0 Å². The van der Waals surface area contributed by atoms with E-state index >= 15 is 0 Å². The van der Waals surface area contributed by atoms with E-state index in [1.807, 2.05) is 0 Å². The Morgan fingerprint density at radius 2 is 1.85 bits per heavy atom. The van der Waals surface area contributed by atoms with Crippen LogP contribution in [0.1, 0.15) is 21.5 Å². The van der Waals surface area contributed by atoms with Gasteiger partial charge in [-0.05, 0) is 35.9 Å². The minimum Gasteiger partial charge on any atom is -0.368 e. The first-order chi connectivity index (χ1) is 12.1. The second-order valence-corrected chi connectivity index (χ2v) is 6.70. The topological polar surface area (TPSA) is 72.2 Å². The third-order valence-electron chi connectivity index (χ3n) is 3.56. The molecule has 0 aliphatic carbocycles. The summed E-state index contributed by atoms with van der Waals surface area (Å²) in [5.74, 6) is -1.92. The average molecular weight is 450 g/mol. The van der Waals surface area contributed by atoms with Gasteiger partial charge in [0.1, 0.15) is 6.04 Å². The maximum Gasteiger partial charge on any atom is 0.417 e. The van der Waals surface area contributed by atoms with Crippen molar-refractivity contribution in [3.05, 3.63) is 68.7 Å². The molecule has 0 unspecified atom stereocenters. The number of halogens is 5. The molecule has 0 saturated heterocycles. The van der Waals surface area contributed by atoms with E-state index in [4.69, 9.17) is 17.3 Å². The van der Waals surface area contributed by atoms with Crippen LogP contribution in [0, 0.1) is 0 Å². The first-order valence-corrected chi connectivity index (χ1v) is 8.47. The second kappa shape index (κ2) is 8.09. The van der Waals surface area contributed by atoms with Crippen molar-refractivity contribution in [2.24, 2.45) is 5.73 Å². The number of primary amides is 1. The molecule has 1 atom stereocenters. The minimum atomic E-state index is -4.70. The number of nitrogens with one attached hydrogen (secondary N) is 1. The van der Waals surface area contributed by atoms with E-state index in [0.717, 1.165) is 12.1 Å². The number of carbonyl (C=O) groups excluding carboxylic acids is 2. The molecule has 0 heterocycles. The number of rotatable bonds is 5. The zero-order chi connectivity index (χ0) is 19.5. The molecule has 2 rings (SSSR count). The van der Waals surface area contributed by atoms with E-state index in [1.54, 1.807) is 18.2 Å². The van der Waals surface area contributed by atoms with Crippen LogP contribution in [0.25, 0.3) is 0 Å². The van der Waals surface area contributed by atoms with Gasteiger partial charge >= 0.3 is 6.18 Å². The molecule has 2 aromatic rings. The molecule has 2 amide bonds. The first kappa shape index (κ1) is 20.3. The van der Waals surface area contributed by atoms with E-state index in [2.05, 4.69) is 21.2 Å². The minimum absolute atomic E-state index is 0.0313. The molecule has 2 aromatic carbocycles. The Kier molecular flexibility index (Phi) is 6.30. The van der Waals surface area contributed by atoms with Crippen molar-refractivity contribution < 1.29 is 22.8 Å². The van der Waals surface area contributed by atoms with Crippen molar-refractivity contribution in [3.63, 3.8) is 0 Å².